The molecule has 0 N–H and O–H groups in total. The molecular formula is C42H24N4O. The molecule has 218 valence electrons. The summed E-state index contributed by atoms with van der Waals surface area (Å²) >= 11 is 0. The van der Waals surface area contributed by atoms with Crippen molar-refractivity contribution in [1.82, 2.24) is 19.9 Å². The van der Waals surface area contributed by atoms with Crippen molar-refractivity contribution in [3.63, 3.8) is 0 Å². The van der Waals surface area contributed by atoms with Crippen molar-refractivity contribution in [2.45, 2.75) is 0 Å². The minimum atomic E-state index is 0.615. The Hall–Kier alpha value is -6.46. The van der Waals surface area contributed by atoms with Crippen molar-refractivity contribution in [2.24, 2.45) is 0 Å². The molecular weight excluding hydrogens is 576 g/mol. The van der Waals surface area contributed by atoms with Gasteiger partial charge >= 0.3 is 0 Å². The lowest BCUT2D eigenvalue weighted by atomic mass is 9.94. The SMILES string of the molecule is c1ccc(-c2nc(-c3ccc4ccc5oc6ccccc6c5c4c3)nc(-c3cc4c5cnccc5ccc4c4ccccc34)n2)cc1. The van der Waals surface area contributed by atoms with Gasteiger partial charge in [-0.1, -0.05) is 103 Å². The predicted molar refractivity (Wildman–Crippen MR) is 191 cm³/mol. The van der Waals surface area contributed by atoms with Gasteiger partial charge in [0.05, 0.1) is 0 Å². The number of hydrogen-bond donors (Lipinski definition) is 0. The summed E-state index contributed by atoms with van der Waals surface area (Å²) in [4.78, 5) is 19.9. The first-order valence-electron chi connectivity index (χ1n) is 15.6. The number of benzene rings is 7. The number of hydrogen-bond acceptors (Lipinski definition) is 5. The normalized spacial score (nSPS) is 11.8. The van der Waals surface area contributed by atoms with Crippen molar-refractivity contribution in [3.05, 3.63) is 146 Å². The second-order valence-electron chi connectivity index (χ2n) is 11.9. The third kappa shape index (κ3) is 4.03. The fraction of sp³-hybridized carbons (Fsp3) is 0. The number of furan rings is 1. The Morgan fingerprint density at radius 2 is 1.09 bits per heavy atom. The van der Waals surface area contributed by atoms with E-state index in [9.17, 15) is 0 Å². The molecule has 0 aliphatic heterocycles. The Kier molecular flexibility index (Phi) is 5.51. The number of fused-ring (bicyclic) bond motifs is 10. The zero-order valence-corrected chi connectivity index (χ0v) is 25.1. The van der Waals surface area contributed by atoms with Gasteiger partial charge in [0.1, 0.15) is 11.2 Å². The van der Waals surface area contributed by atoms with E-state index in [0.29, 0.717) is 17.5 Å². The summed E-state index contributed by atoms with van der Waals surface area (Å²) < 4.78 is 6.22. The molecule has 0 saturated carbocycles. The summed E-state index contributed by atoms with van der Waals surface area (Å²) in [5.41, 5.74) is 4.54. The van der Waals surface area contributed by atoms with E-state index in [1.165, 1.54) is 5.39 Å². The minimum Gasteiger partial charge on any atom is -0.456 e. The molecule has 0 radical (unpaired) electrons. The maximum absolute atomic E-state index is 6.22. The summed E-state index contributed by atoms with van der Waals surface area (Å²) in [6.07, 6.45) is 3.78. The van der Waals surface area contributed by atoms with Crippen LogP contribution in [0.3, 0.4) is 0 Å². The van der Waals surface area contributed by atoms with Gasteiger partial charge in [-0.3, -0.25) is 4.98 Å². The van der Waals surface area contributed by atoms with Crippen molar-refractivity contribution >= 4 is 65.0 Å². The lowest BCUT2D eigenvalue weighted by molar-refractivity contribution is 0.669. The van der Waals surface area contributed by atoms with Gasteiger partial charge in [-0.25, -0.2) is 15.0 Å². The van der Waals surface area contributed by atoms with Crippen LogP contribution in [0, 0.1) is 0 Å². The molecule has 3 aromatic heterocycles. The highest BCUT2D eigenvalue weighted by Gasteiger charge is 2.18. The molecule has 0 aliphatic carbocycles. The minimum absolute atomic E-state index is 0.615. The van der Waals surface area contributed by atoms with Crippen LogP contribution in [0.15, 0.2) is 150 Å². The topological polar surface area (TPSA) is 64.7 Å². The van der Waals surface area contributed by atoms with Crippen LogP contribution in [0.2, 0.25) is 0 Å². The van der Waals surface area contributed by atoms with E-state index in [4.69, 9.17) is 19.4 Å². The zero-order valence-electron chi connectivity index (χ0n) is 25.1. The predicted octanol–water partition coefficient (Wildman–Crippen LogP) is 10.8. The quantitative estimate of drug-likeness (QED) is 0.189. The van der Waals surface area contributed by atoms with E-state index in [1.54, 1.807) is 0 Å². The molecule has 0 fully saturated rings. The monoisotopic (exact) mass is 600 g/mol. The summed E-state index contributed by atoms with van der Waals surface area (Å²) in [6.45, 7) is 0. The maximum Gasteiger partial charge on any atom is 0.164 e. The number of aromatic nitrogens is 4. The summed E-state index contributed by atoms with van der Waals surface area (Å²) in [7, 11) is 0. The molecule has 0 saturated heterocycles. The van der Waals surface area contributed by atoms with Crippen molar-refractivity contribution in [3.8, 4) is 34.2 Å². The van der Waals surface area contributed by atoms with Gasteiger partial charge in [0.15, 0.2) is 17.5 Å². The van der Waals surface area contributed by atoms with Gasteiger partial charge in [0.25, 0.3) is 0 Å². The highest BCUT2D eigenvalue weighted by atomic mass is 16.3. The summed E-state index contributed by atoms with van der Waals surface area (Å²) in [5.74, 6) is 1.87. The molecule has 0 unspecified atom stereocenters. The highest BCUT2D eigenvalue weighted by molar-refractivity contribution is 6.21. The van der Waals surface area contributed by atoms with E-state index in [0.717, 1.165) is 76.3 Å². The van der Waals surface area contributed by atoms with Gasteiger partial charge in [-0.15, -0.1) is 0 Å². The zero-order chi connectivity index (χ0) is 30.9. The Bertz CT molecular complexity index is 2860. The van der Waals surface area contributed by atoms with Crippen molar-refractivity contribution in [2.75, 3.05) is 0 Å². The molecule has 10 aromatic rings. The highest BCUT2D eigenvalue weighted by Crippen LogP contribution is 2.39. The van der Waals surface area contributed by atoms with Crippen LogP contribution in [0.5, 0.6) is 0 Å². The second-order valence-corrected chi connectivity index (χ2v) is 11.9. The molecule has 0 bridgehead atoms. The van der Waals surface area contributed by atoms with Crippen LogP contribution in [0.25, 0.3) is 99.2 Å². The summed E-state index contributed by atoms with van der Waals surface area (Å²) in [5, 5.41) is 11.2. The van der Waals surface area contributed by atoms with Gasteiger partial charge < -0.3 is 4.42 Å². The van der Waals surface area contributed by atoms with Gasteiger partial charge in [0, 0.05) is 45.2 Å². The van der Waals surface area contributed by atoms with E-state index in [-0.39, 0.29) is 0 Å². The lowest BCUT2D eigenvalue weighted by Crippen LogP contribution is -2.01. The Balaban J connectivity index is 1.27. The molecule has 5 nitrogen and oxygen atoms in total. The van der Waals surface area contributed by atoms with Gasteiger partial charge in [-0.2, -0.15) is 0 Å². The summed E-state index contributed by atoms with van der Waals surface area (Å²) in [6, 6.07) is 46.0. The molecule has 0 aliphatic rings. The molecule has 10 rings (SSSR count). The Labute approximate surface area is 268 Å². The number of para-hydroxylation sites is 1. The molecule has 5 heteroatoms. The first-order valence-corrected chi connectivity index (χ1v) is 15.6. The number of pyridine rings is 1. The van der Waals surface area contributed by atoms with Crippen molar-refractivity contribution < 1.29 is 4.42 Å². The average Bonchev–Trinajstić information content (AvgIpc) is 3.54. The fourth-order valence-electron chi connectivity index (χ4n) is 6.96. The third-order valence-electron chi connectivity index (χ3n) is 9.19. The van der Waals surface area contributed by atoms with E-state index < -0.39 is 0 Å². The first kappa shape index (κ1) is 25.8. The maximum atomic E-state index is 6.22. The fourth-order valence-corrected chi connectivity index (χ4v) is 6.96. The molecule has 0 spiro atoms. The van der Waals surface area contributed by atoms with Crippen LogP contribution in [0.1, 0.15) is 0 Å². The van der Waals surface area contributed by atoms with Crippen LogP contribution in [0.4, 0.5) is 0 Å². The van der Waals surface area contributed by atoms with E-state index in [2.05, 4.69) is 96.0 Å². The smallest absolute Gasteiger partial charge is 0.164 e. The lowest BCUT2D eigenvalue weighted by Gasteiger charge is -2.14. The Morgan fingerprint density at radius 1 is 0.404 bits per heavy atom. The first-order chi connectivity index (χ1) is 23.3. The van der Waals surface area contributed by atoms with E-state index in [1.807, 2.05) is 54.9 Å². The Morgan fingerprint density at radius 3 is 1.98 bits per heavy atom. The van der Waals surface area contributed by atoms with Gasteiger partial charge in [-0.05, 0) is 68.0 Å². The molecule has 0 atom stereocenters. The average molecular weight is 601 g/mol. The van der Waals surface area contributed by atoms with Crippen LogP contribution >= 0.6 is 0 Å². The standard InChI is InChI=1S/C42H24N4O/c1-2-8-27(9-3-1)40-44-41(28-15-14-25-17-19-38-39(33(25)22-28)32-12-6-7-13-37(32)47-38)46-42(45-40)35-23-34-31(29-10-4-5-11-30(29)35)18-16-26-20-21-43-24-36(26)34/h1-24H. The van der Waals surface area contributed by atoms with Gasteiger partial charge in [0.2, 0.25) is 0 Å². The largest absolute Gasteiger partial charge is 0.456 e. The number of nitrogens with zero attached hydrogens (tertiary/aromatic N) is 4. The third-order valence-corrected chi connectivity index (χ3v) is 9.19. The molecule has 3 heterocycles. The van der Waals surface area contributed by atoms with Crippen molar-refractivity contribution in [1.29, 1.82) is 0 Å². The van der Waals surface area contributed by atoms with Crippen LogP contribution in [-0.2, 0) is 0 Å². The van der Waals surface area contributed by atoms with Crippen LogP contribution < -0.4 is 0 Å². The van der Waals surface area contributed by atoms with E-state index >= 15 is 0 Å². The molecule has 7 aromatic carbocycles. The molecule has 47 heavy (non-hydrogen) atoms. The second kappa shape index (κ2) is 10.0. The number of rotatable bonds is 3. The van der Waals surface area contributed by atoms with Crippen LogP contribution in [-0.4, -0.2) is 19.9 Å². The molecule has 0 amide bonds.